The molecule has 0 atom stereocenters. The Kier molecular flexibility index (Phi) is 26.6. The Morgan fingerprint density at radius 1 is 0.429 bits per heavy atom. The van der Waals surface area contributed by atoms with Crippen molar-refractivity contribution in [2.45, 2.75) is 58.3 Å². The zero-order valence-corrected chi connectivity index (χ0v) is 42.6. The Bertz CT molecular complexity index is 2800. The first-order chi connectivity index (χ1) is 37.3. The third kappa shape index (κ3) is 23.5. The van der Waals surface area contributed by atoms with Gasteiger partial charge in [0.1, 0.15) is 28.7 Å². The minimum Gasteiger partial charge on any atom is -0.494 e. The number of aryl methyl sites for hydroxylation is 1. The highest BCUT2D eigenvalue weighted by Crippen LogP contribution is 2.27. The van der Waals surface area contributed by atoms with E-state index < -0.39 is 36.2 Å². The summed E-state index contributed by atoms with van der Waals surface area (Å²) in [7, 11) is 0. The monoisotopic (exact) mass is 1050 g/mol. The largest absolute Gasteiger partial charge is 0.513 e. The highest BCUT2D eigenvalue weighted by molar-refractivity contribution is 5.92. The van der Waals surface area contributed by atoms with Gasteiger partial charge in [0.15, 0.2) is 0 Å². The first kappa shape index (κ1) is 60.1. The quantitative estimate of drug-likeness (QED) is 0.0113. The van der Waals surface area contributed by atoms with Crippen molar-refractivity contribution < 1.29 is 80.9 Å². The number of esters is 5. The molecule has 0 amide bonds. The maximum absolute atomic E-state index is 12.7. The summed E-state index contributed by atoms with van der Waals surface area (Å²) in [6, 6.07) is 33.3. The van der Waals surface area contributed by atoms with Gasteiger partial charge in [-0.3, -0.25) is 0 Å². The van der Waals surface area contributed by atoms with E-state index in [-0.39, 0.29) is 66.5 Å². The third-order valence-electron chi connectivity index (χ3n) is 10.4. The highest BCUT2D eigenvalue weighted by atomic mass is 16.7. The van der Waals surface area contributed by atoms with E-state index >= 15 is 0 Å². The van der Waals surface area contributed by atoms with Gasteiger partial charge in [0, 0.05) is 18.2 Å². The van der Waals surface area contributed by atoms with Gasteiger partial charge in [0.2, 0.25) is 0 Å². The van der Waals surface area contributed by atoms with Crippen LogP contribution >= 0.6 is 0 Å². The van der Waals surface area contributed by atoms with Crippen molar-refractivity contribution >= 4 is 42.2 Å². The lowest BCUT2D eigenvalue weighted by Gasteiger charge is -2.11. The molecule has 5 aromatic rings. The molecule has 0 fully saturated rings. The molecular formula is C59H59NO17. The fourth-order valence-corrected chi connectivity index (χ4v) is 6.34. The van der Waals surface area contributed by atoms with Crippen molar-refractivity contribution in [1.29, 1.82) is 5.26 Å². The van der Waals surface area contributed by atoms with Crippen LogP contribution < -0.4 is 23.7 Å². The van der Waals surface area contributed by atoms with E-state index in [4.69, 9.17) is 52.6 Å². The van der Waals surface area contributed by atoms with Crippen molar-refractivity contribution in [3.63, 3.8) is 0 Å². The van der Waals surface area contributed by atoms with Gasteiger partial charge in [-0.1, -0.05) is 44.0 Å². The van der Waals surface area contributed by atoms with Crippen LogP contribution in [0, 0.1) is 18.3 Å². The molecule has 18 heteroatoms. The average molecular weight is 1050 g/mol. The van der Waals surface area contributed by atoms with Gasteiger partial charge in [-0.15, -0.1) is 0 Å². The van der Waals surface area contributed by atoms with E-state index in [0.717, 1.165) is 54.7 Å². The predicted molar refractivity (Wildman–Crippen MR) is 280 cm³/mol. The molecule has 18 nitrogen and oxygen atoms in total. The van der Waals surface area contributed by atoms with Crippen LogP contribution in [-0.2, 0) is 38.1 Å². The van der Waals surface area contributed by atoms with Crippen molar-refractivity contribution in [3.8, 4) is 45.9 Å². The summed E-state index contributed by atoms with van der Waals surface area (Å²) >= 11 is 0. The van der Waals surface area contributed by atoms with Gasteiger partial charge in [0.05, 0.1) is 62.4 Å². The van der Waals surface area contributed by atoms with Crippen LogP contribution in [0.5, 0.6) is 28.7 Å². The van der Waals surface area contributed by atoms with Gasteiger partial charge < -0.3 is 47.4 Å². The molecule has 77 heavy (non-hydrogen) atoms. The second-order valence-corrected chi connectivity index (χ2v) is 16.2. The molecule has 0 spiro atoms. The number of carbonyl (C=O) groups excluding carboxylic acids is 7. The lowest BCUT2D eigenvalue weighted by atomic mass is 10.0. The number of ether oxygens (including phenoxy) is 10. The van der Waals surface area contributed by atoms with Crippen LogP contribution in [0.2, 0.25) is 0 Å². The van der Waals surface area contributed by atoms with Crippen LogP contribution in [0.25, 0.3) is 11.1 Å². The van der Waals surface area contributed by atoms with E-state index in [2.05, 4.69) is 25.8 Å². The van der Waals surface area contributed by atoms with Gasteiger partial charge >= 0.3 is 42.2 Å². The topological polar surface area (TPSA) is 236 Å². The van der Waals surface area contributed by atoms with Crippen LogP contribution in [0.4, 0.5) is 9.59 Å². The highest BCUT2D eigenvalue weighted by Gasteiger charge is 2.16. The molecular weight excluding hydrogens is 995 g/mol. The molecule has 0 N–H and O–H groups in total. The molecule has 5 aromatic carbocycles. The fourth-order valence-electron chi connectivity index (χ4n) is 6.34. The molecule has 0 unspecified atom stereocenters. The summed E-state index contributed by atoms with van der Waals surface area (Å²) in [6.45, 7) is 13.2. The lowest BCUT2D eigenvalue weighted by molar-refractivity contribution is -0.138. The van der Waals surface area contributed by atoms with Crippen molar-refractivity contribution in [3.05, 3.63) is 175 Å². The normalized spacial score (nSPS) is 10.1. The molecule has 402 valence electrons. The number of carbonyl (C=O) groups is 7. The van der Waals surface area contributed by atoms with Gasteiger partial charge in [-0.25, -0.2) is 33.6 Å². The summed E-state index contributed by atoms with van der Waals surface area (Å²) in [4.78, 5) is 82.0. The van der Waals surface area contributed by atoms with E-state index in [0.29, 0.717) is 50.0 Å². The van der Waals surface area contributed by atoms with Crippen LogP contribution in [0.15, 0.2) is 153 Å². The minimum atomic E-state index is -0.927. The molecule has 0 saturated heterocycles. The number of unbranched alkanes of at least 4 members (excludes halogenated alkanes) is 5. The summed E-state index contributed by atoms with van der Waals surface area (Å²) in [6.07, 6.45) is 7.22. The Morgan fingerprint density at radius 2 is 0.805 bits per heavy atom. The van der Waals surface area contributed by atoms with E-state index in [9.17, 15) is 33.6 Å². The maximum Gasteiger partial charge on any atom is 0.513 e. The first-order valence-electron chi connectivity index (χ1n) is 24.4. The molecule has 0 saturated carbocycles. The Labute approximate surface area is 446 Å². The second kappa shape index (κ2) is 34.1. The summed E-state index contributed by atoms with van der Waals surface area (Å²) in [5.74, 6) is -1.19. The van der Waals surface area contributed by atoms with Gasteiger partial charge in [-0.2, -0.15) is 5.26 Å². The molecule has 5 rings (SSSR count). The Balaban J connectivity index is 0.000000411. The summed E-state index contributed by atoms with van der Waals surface area (Å²) in [5, 5.41) is 8.84. The molecule has 0 bridgehead atoms. The number of nitrogens with zero attached hydrogens (tertiary/aromatic N) is 1. The predicted octanol–water partition coefficient (Wildman–Crippen LogP) is 11.4. The van der Waals surface area contributed by atoms with Crippen LogP contribution in [0.3, 0.4) is 0 Å². The molecule has 0 radical (unpaired) electrons. The summed E-state index contributed by atoms with van der Waals surface area (Å²) in [5.41, 5.74) is 3.71. The molecule has 0 aliphatic carbocycles. The number of rotatable bonds is 28. The van der Waals surface area contributed by atoms with Crippen molar-refractivity contribution in [2.75, 3.05) is 39.6 Å². The number of hydrogen-bond acceptors (Lipinski definition) is 18. The standard InChI is InChI=1S/C37H36O14.C22H23NO3/c1-4-32(38)44-20-6-8-22-46-36(42)49-28-14-10-26(11-15-28)34(40)48-30-18-19-31(25(3)24-30)51-35(41)27-12-16-29(17-13-27)50-37(43)47-23-9-7-21-45-33(39)5-2;1-2-22(24)26-16-6-4-3-5-15-25-21-13-11-20(12-14-21)19-9-7-18(17-23)8-10-19/h4-5,10-19,24H,1-2,6-9,20-23H2,3H3;2,7-14H,1,3-6,15-16H2. The number of hydrogen-bond donors (Lipinski definition) is 0. The molecule has 0 heterocycles. The van der Waals surface area contributed by atoms with E-state index in [1.165, 1.54) is 72.8 Å². The summed E-state index contributed by atoms with van der Waals surface area (Å²) < 4.78 is 51.4. The minimum absolute atomic E-state index is 0.0665. The molecule has 0 aliphatic heterocycles. The van der Waals surface area contributed by atoms with Gasteiger partial charge in [0.25, 0.3) is 0 Å². The fraction of sp³-hybridized carbons (Fsp3) is 0.254. The lowest BCUT2D eigenvalue weighted by Crippen LogP contribution is -2.13. The smallest absolute Gasteiger partial charge is 0.494 e. The van der Waals surface area contributed by atoms with Crippen molar-refractivity contribution in [1.82, 2.24) is 0 Å². The van der Waals surface area contributed by atoms with Crippen LogP contribution in [0.1, 0.15) is 83.2 Å². The maximum atomic E-state index is 12.7. The van der Waals surface area contributed by atoms with E-state index in [1.807, 2.05) is 48.5 Å². The average Bonchev–Trinajstić information content (AvgIpc) is 3.44. The number of nitriles is 1. The first-order valence-corrected chi connectivity index (χ1v) is 24.4. The molecule has 0 aromatic heterocycles. The van der Waals surface area contributed by atoms with E-state index in [1.54, 1.807) is 6.92 Å². The van der Waals surface area contributed by atoms with Gasteiger partial charge in [-0.05, 0) is 166 Å². The zero-order valence-electron chi connectivity index (χ0n) is 42.6. The second-order valence-electron chi connectivity index (χ2n) is 16.2. The Morgan fingerprint density at radius 3 is 1.23 bits per heavy atom. The SMILES string of the molecule is C=CC(=O)OCCCCCCOc1ccc(-c2ccc(C#N)cc2)cc1.C=CC(=O)OCCCCOC(=O)Oc1ccc(C(=O)Oc2ccc(OC(=O)c3ccc(OC(=O)OCCCCOC(=O)C=C)cc3)c(C)c2)cc1. The molecule has 0 aliphatic rings. The Hall–Kier alpha value is -9.50. The van der Waals surface area contributed by atoms with Crippen molar-refractivity contribution in [2.24, 2.45) is 0 Å². The third-order valence-corrected chi connectivity index (χ3v) is 10.4. The van der Waals surface area contributed by atoms with Crippen LogP contribution in [-0.4, -0.2) is 81.8 Å². The zero-order chi connectivity index (χ0) is 55.6. The number of benzene rings is 5.